The van der Waals surface area contributed by atoms with Gasteiger partial charge in [0.2, 0.25) is 11.8 Å². The van der Waals surface area contributed by atoms with Gasteiger partial charge in [-0.15, -0.1) is 0 Å². The molecule has 0 unspecified atom stereocenters. The molecule has 0 saturated carbocycles. The van der Waals surface area contributed by atoms with E-state index in [1.54, 1.807) is 48.2 Å². The molecule has 0 aliphatic rings. The predicted molar refractivity (Wildman–Crippen MR) is 125 cm³/mol. The Morgan fingerprint density at radius 2 is 1.42 bits per heavy atom. The summed E-state index contributed by atoms with van der Waals surface area (Å²) in [5.74, 6) is -0.279. The monoisotopic (exact) mass is 435 g/mol. The lowest BCUT2D eigenvalue weighted by molar-refractivity contribution is -0.132. The minimum Gasteiger partial charge on any atom is -0.334 e. The molecular weight excluding hydrogens is 410 g/mol. The average molecular weight is 436 g/mol. The molecule has 0 spiro atoms. The summed E-state index contributed by atoms with van der Waals surface area (Å²) >= 11 is 5.96. The van der Waals surface area contributed by atoms with E-state index in [9.17, 15) is 9.59 Å². The quantitative estimate of drug-likeness (QED) is 0.568. The van der Waals surface area contributed by atoms with Crippen molar-refractivity contribution in [3.8, 4) is 0 Å². The highest BCUT2D eigenvalue weighted by molar-refractivity contribution is 6.30. The van der Waals surface area contributed by atoms with E-state index in [2.05, 4.69) is 5.32 Å². The molecule has 160 valence electrons. The van der Waals surface area contributed by atoms with Crippen molar-refractivity contribution in [1.82, 2.24) is 9.80 Å². The molecule has 0 atom stereocenters. The lowest BCUT2D eigenvalue weighted by Crippen LogP contribution is -2.41. The molecular formula is C25H26ClN3O2. The number of benzene rings is 3. The van der Waals surface area contributed by atoms with Gasteiger partial charge in [-0.1, -0.05) is 78.3 Å². The van der Waals surface area contributed by atoms with E-state index >= 15 is 0 Å². The minimum absolute atomic E-state index is 0.0734. The molecule has 5 nitrogen and oxygen atoms in total. The molecule has 3 aromatic carbocycles. The van der Waals surface area contributed by atoms with E-state index in [0.717, 1.165) is 11.1 Å². The van der Waals surface area contributed by atoms with Gasteiger partial charge in [0, 0.05) is 17.8 Å². The van der Waals surface area contributed by atoms with Crippen LogP contribution in [0.25, 0.3) is 0 Å². The maximum atomic E-state index is 13.1. The fraction of sp³-hybridized carbons (Fsp3) is 0.200. The highest BCUT2D eigenvalue weighted by atomic mass is 35.5. The molecule has 0 bridgehead atoms. The molecule has 6 heteroatoms. The highest BCUT2D eigenvalue weighted by Crippen LogP contribution is 2.27. The summed E-state index contributed by atoms with van der Waals surface area (Å²) in [6.45, 7) is 0.211. The summed E-state index contributed by atoms with van der Waals surface area (Å²) in [4.78, 5) is 28.8. The zero-order valence-corrected chi connectivity index (χ0v) is 18.4. The summed E-state index contributed by atoms with van der Waals surface area (Å²) in [7, 11) is 3.55. The number of nitrogens with one attached hydrogen (secondary N) is 1. The molecule has 0 saturated heterocycles. The largest absolute Gasteiger partial charge is 0.334 e. The Balaban J connectivity index is 1.65. The zero-order chi connectivity index (χ0) is 22.2. The molecule has 0 heterocycles. The van der Waals surface area contributed by atoms with Gasteiger partial charge in [-0.25, -0.2) is 0 Å². The number of carbonyl (C=O) groups excluding carboxylic acids is 2. The van der Waals surface area contributed by atoms with Crippen LogP contribution in [0.3, 0.4) is 0 Å². The van der Waals surface area contributed by atoms with Crippen LogP contribution in [-0.4, -0.2) is 48.8 Å². The van der Waals surface area contributed by atoms with Crippen molar-refractivity contribution in [3.05, 3.63) is 101 Å². The summed E-state index contributed by atoms with van der Waals surface area (Å²) < 4.78 is 0. The number of anilines is 1. The van der Waals surface area contributed by atoms with Crippen molar-refractivity contribution in [3.63, 3.8) is 0 Å². The number of hydrogen-bond donors (Lipinski definition) is 1. The highest BCUT2D eigenvalue weighted by Gasteiger charge is 2.24. The lowest BCUT2D eigenvalue weighted by Gasteiger charge is -2.30. The molecule has 0 aromatic heterocycles. The number of nitrogens with zero attached hydrogens (tertiary/aromatic N) is 2. The lowest BCUT2D eigenvalue weighted by atomic mass is 9.97. The Morgan fingerprint density at radius 3 is 1.97 bits per heavy atom. The van der Waals surface area contributed by atoms with E-state index < -0.39 is 0 Å². The second-order valence-corrected chi connectivity index (χ2v) is 7.90. The SMILES string of the molecule is CN(CC(=O)Nc1cccc(Cl)c1)CC(=O)N(C)C(c1ccccc1)c1ccccc1. The number of halogens is 1. The standard InChI is InChI=1S/C25H26ClN3O2/c1-28(17-23(30)27-22-15-9-14-21(26)16-22)18-24(31)29(2)25(19-10-5-3-6-11-19)20-12-7-4-8-13-20/h3-16,25H,17-18H2,1-2H3,(H,27,30). The number of amides is 2. The van der Waals surface area contributed by atoms with Crippen molar-refractivity contribution in [2.45, 2.75) is 6.04 Å². The molecule has 2 amide bonds. The van der Waals surface area contributed by atoms with E-state index in [0.29, 0.717) is 10.7 Å². The summed E-state index contributed by atoms with van der Waals surface area (Å²) in [6.07, 6.45) is 0. The van der Waals surface area contributed by atoms with Crippen molar-refractivity contribution < 1.29 is 9.59 Å². The van der Waals surface area contributed by atoms with Crippen molar-refractivity contribution in [1.29, 1.82) is 0 Å². The summed E-state index contributed by atoms with van der Waals surface area (Å²) in [6, 6.07) is 26.6. The van der Waals surface area contributed by atoms with E-state index in [-0.39, 0.29) is 30.9 Å². The number of carbonyl (C=O) groups is 2. The topological polar surface area (TPSA) is 52.7 Å². The molecule has 0 radical (unpaired) electrons. The van der Waals surface area contributed by atoms with Crippen LogP contribution in [0, 0.1) is 0 Å². The van der Waals surface area contributed by atoms with Gasteiger partial charge in [-0.05, 0) is 36.4 Å². The second-order valence-electron chi connectivity index (χ2n) is 7.46. The summed E-state index contributed by atoms with van der Waals surface area (Å²) in [5, 5.41) is 3.35. The number of likely N-dealkylation sites (N-methyl/N-ethyl adjacent to an activating group) is 2. The van der Waals surface area contributed by atoms with Gasteiger partial charge in [0.1, 0.15) is 0 Å². The molecule has 0 aliphatic heterocycles. The predicted octanol–water partition coefficient (Wildman–Crippen LogP) is 4.46. The number of hydrogen-bond acceptors (Lipinski definition) is 3. The van der Waals surface area contributed by atoms with Crippen LogP contribution in [0.1, 0.15) is 17.2 Å². The third-order valence-corrected chi connectivity index (χ3v) is 5.17. The van der Waals surface area contributed by atoms with Crippen LogP contribution >= 0.6 is 11.6 Å². The first-order valence-corrected chi connectivity index (χ1v) is 10.4. The number of rotatable bonds is 8. The first kappa shape index (κ1) is 22.5. The van der Waals surface area contributed by atoms with Gasteiger partial charge in [0.05, 0.1) is 19.1 Å². The fourth-order valence-electron chi connectivity index (χ4n) is 3.46. The zero-order valence-electron chi connectivity index (χ0n) is 17.7. The van der Waals surface area contributed by atoms with E-state index in [4.69, 9.17) is 11.6 Å². The first-order chi connectivity index (χ1) is 14.9. The summed E-state index contributed by atoms with van der Waals surface area (Å²) in [5.41, 5.74) is 2.69. The van der Waals surface area contributed by atoms with Crippen LogP contribution in [0.4, 0.5) is 5.69 Å². The molecule has 3 aromatic rings. The van der Waals surface area contributed by atoms with E-state index in [1.807, 2.05) is 60.7 Å². The molecule has 3 rings (SSSR count). The normalized spacial score (nSPS) is 10.9. The van der Waals surface area contributed by atoms with Crippen molar-refractivity contribution in [2.75, 3.05) is 32.5 Å². The molecule has 0 fully saturated rings. The van der Waals surface area contributed by atoms with Crippen LogP contribution < -0.4 is 5.32 Å². The third-order valence-electron chi connectivity index (χ3n) is 4.94. The smallest absolute Gasteiger partial charge is 0.238 e. The van der Waals surface area contributed by atoms with Gasteiger partial charge in [0.15, 0.2) is 0 Å². The maximum Gasteiger partial charge on any atom is 0.238 e. The Hall–Kier alpha value is -3.15. The van der Waals surface area contributed by atoms with Crippen LogP contribution in [0.15, 0.2) is 84.9 Å². The van der Waals surface area contributed by atoms with Crippen LogP contribution in [0.2, 0.25) is 5.02 Å². The van der Waals surface area contributed by atoms with Crippen LogP contribution in [-0.2, 0) is 9.59 Å². The minimum atomic E-state index is -0.206. The average Bonchev–Trinajstić information content (AvgIpc) is 2.75. The van der Waals surface area contributed by atoms with Crippen molar-refractivity contribution >= 4 is 29.1 Å². The molecule has 0 aliphatic carbocycles. The van der Waals surface area contributed by atoms with E-state index in [1.165, 1.54) is 0 Å². The Kier molecular flexibility index (Phi) is 7.82. The van der Waals surface area contributed by atoms with Crippen molar-refractivity contribution in [2.24, 2.45) is 0 Å². The maximum absolute atomic E-state index is 13.1. The van der Waals surface area contributed by atoms with Crippen LogP contribution in [0.5, 0.6) is 0 Å². The fourth-order valence-corrected chi connectivity index (χ4v) is 3.65. The Labute approximate surface area is 188 Å². The Morgan fingerprint density at radius 1 is 0.839 bits per heavy atom. The van der Waals surface area contributed by atoms with Gasteiger partial charge >= 0.3 is 0 Å². The van der Waals surface area contributed by atoms with Gasteiger partial charge < -0.3 is 10.2 Å². The van der Waals surface area contributed by atoms with Gasteiger partial charge in [-0.2, -0.15) is 0 Å². The molecule has 31 heavy (non-hydrogen) atoms. The Bertz CT molecular complexity index is 972. The molecule has 1 N–H and O–H groups in total. The van der Waals surface area contributed by atoms with Gasteiger partial charge in [-0.3, -0.25) is 14.5 Å². The van der Waals surface area contributed by atoms with Gasteiger partial charge in [0.25, 0.3) is 0 Å². The second kappa shape index (κ2) is 10.8. The third kappa shape index (κ3) is 6.41. The first-order valence-electron chi connectivity index (χ1n) is 10.0.